The van der Waals surface area contributed by atoms with E-state index in [9.17, 15) is 9.18 Å². The minimum Gasteiger partial charge on any atom is -0.313 e. The number of nitrogens with zero attached hydrogens (tertiary/aromatic N) is 1. The van der Waals surface area contributed by atoms with Crippen molar-refractivity contribution in [2.45, 2.75) is 23.5 Å². The number of aromatic amines is 1. The van der Waals surface area contributed by atoms with Crippen LogP contribution in [0, 0.1) is 5.82 Å². The number of aromatic nitrogens is 2. The number of nitrogens with one attached hydrogen (secondary N) is 2. The molecule has 100 valence electrons. The van der Waals surface area contributed by atoms with Gasteiger partial charge in [0.2, 0.25) is 0 Å². The van der Waals surface area contributed by atoms with Gasteiger partial charge in [-0.25, -0.2) is 9.37 Å². The van der Waals surface area contributed by atoms with Crippen LogP contribution in [0.4, 0.5) is 4.39 Å². The molecule has 0 saturated heterocycles. The Balaban J connectivity index is 2.30. The molecule has 1 aromatic heterocycles. The Labute approximate surface area is 114 Å². The van der Waals surface area contributed by atoms with Crippen LogP contribution in [-0.4, -0.2) is 16.5 Å². The van der Waals surface area contributed by atoms with Crippen molar-refractivity contribution >= 4 is 11.8 Å². The van der Waals surface area contributed by atoms with Crippen LogP contribution in [-0.2, 0) is 6.54 Å². The van der Waals surface area contributed by atoms with Crippen LogP contribution in [0.1, 0.15) is 12.5 Å². The molecule has 0 atom stereocenters. The highest BCUT2D eigenvalue weighted by atomic mass is 32.2. The molecule has 1 heterocycles. The molecule has 2 N–H and O–H groups in total. The maximum absolute atomic E-state index is 13.9. The summed E-state index contributed by atoms with van der Waals surface area (Å²) in [4.78, 5) is 18.3. The maximum Gasteiger partial charge on any atom is 0.251 e. The minimum absolute atomic E-state index is 0.248. The molecule has 0 aliphatic heterocycles. The average Bonchev–Trinajstić information content (AvgIpc) is 2.39. The van der Waals surface area contributed by atoms with E-state index >= 15 is 0 Å². The summed E-state index contributed by atoms with van der Waals surface area (Å²) in [7, 11) is 0. The average molecular weight is 279 g/mol. The molecule has 0 unspecified atom stereocenters. The fourth-order valence-corrected chi connectivity index (χ4v) is 2.46. The molecule has 0 fully saturated rings. The number of hydrogen-bond donors (Lipinski definition) is 2. The van der Waals surface area contributed by atoms with Gasteiger partial charge in [-0.05, 0) is 29.9 Å². The Kier molecular flexibility index (Phi) is 4.70. The highest BCUT2D eigenvalue weighted by molar-refractivity contribution is 7.99. The summed E-state index contributed by atoms with van der Waals surface area (Å²) in [6.45, 7) is 3.37. The van der Waals surface area contributed by atoms with Crippen LogP contribution < -0.4 is 10.9 Å². The summed E-state index contributed by atoms with van der Waals surface area (Å²) in [5.74, 6) is -0.313. The Bertz CT molecular complexity index is 615. The van der Waals surface area contributed by atoms with Crippen LogP contribution in [0.5, 0.6) is 0 Å². The van der Waals surface area contributed by atoms with E-state index in [0.717, 1.165) is 23.9 Å². The van der Waals surface area contributed by atoms with Crippen LogP contribution >= 0.6 is 11.8 Å². The Morgan fingerprint density at radius 1 is 1.42 bits per heavy atom. The maximum atomic E-state index is 13.9. The zero-order valence-electron chi connectivity index (χ0n) is 10.4. The van der Waals surface area contributed by atoms with Gasteiger partial charge in [0.25, 0.3) is 5.56 Å². The number of rotatable bonds is 5. The monoisotopic (exact) mass is 279 g/mol. The lowest BCUT2D eigenvalue weighted by atomic mass is 10.2. The second-order valence-electron chi connectivity index (χ2n) is 3.85. The quantitative estimate of drug-likeness (QED) is 0.824. The lowest BCUT2D eigenvalue weighted by Crippen LogP contribution is -2.13. The Morgan fingerprint density at radius 2 is 2.26 bits per heavy atom. The van der Waals surface area contributed by atoms with Crippen molar-refractivity contribution < 1.29 is 4.39 Å². The summed E-state index contributed by atoms with van der Waals surface area (Å²) in [6, 6.07) is 6.26. The normalized spacial score (nSPS) is 10.6. The van der Waals surface area contributed by atoms with Crippen molar-refractivity contribution in [2.75, 3.05) is 6.54 Å². The van der Waals surface area contributed by atoms with Crippen molar-refractivity contribution in [3.63, 3.8) is 0 Å². The lowest BCUT2D eigenvalue weighted by Gasteiger charge is -2.09. The minimum atomic E-state index is -0.313. The van der Waals surface area contributed by atoms with E-state index in [0.29, 0.717) is 16.6 Å². The zero-order valence-corrected chi connectivity index (χ0v) is 11.3. The number of halogens is 1. The van der Waals surface area contributed by atoms with Crippen molar-refractivity contribution in [2.24, 2.45) is 0 Å². The first-order chi connectivity index (χ1) is 9.20. The molecule has 4 nitrogen and oxygen atoms in total. The van der Waals surface area contributed by atoms with E-state index in [4.69, 9.17) is 0 Å². The number of benzene rings is 1. The Hall–Kier alpha value is -1.66. The first-order valence-corrected chi connectivity index (χ1v) is 6.73. The van der Waals surface area contributed by atoms with Gasteiger partial charge in [0, 0.05) is 18.8 Å². The second kappa shape index (κ2) is 6.49. The molecule has 2 aromatic rings. The van der Waals surface area contributed by atoms with Gasteiger partial charge in [0.1, 0.15) is 5.82 Å². The summed E-state index contributed by atoms with van der Waals surface area (Å²) in [5.41, 5.74) is 0.598. The number of H-pyrrole nitrogens is 1. The molecule has 0 spiro atoms. The zero-order chi connectivity index (χ0) is 13.7. The molecule has 0 radical (unpaired) electrons. The molecule has 0 aliphatic carbocycles. The molecular formula is C13H14FN3OS. The highest BCUT2D eigenvalue weighted by Crippen LogP contribution is 2.29. The largest absolute Gasteiger partial charge is 0.313 e. The summed E-state index contributed by atoms with van der Waals surface area (Å²) in [5, 5.41) is 3.54. The van der Waals surface area contributed by atoms with Crippen LogP contribution in [0.3, 0.4) is 0 Å². The molecule has 6 heteroatoms. The van der Waals surface area contributed by atoms with Crippen LogP contribution in [0.2, 0.25) is 0 Å². The number of hydrogen-bond acceptors (Lipinski definition) is 4. The van der Waals surface area contributed by atoms with E-state index in [-0.39, 0.29) is 11.4 Å². The first kappa shape index (κ1) is 13.8. The van der Waals surface area contributed by atoms with Crippen LogP contribution in [0.15, 0.2) is 45.3 Å². The molecule has 0 amide bonds. The summed E-state index contributed by atoms with van der Waals surface area (Å²) < 4.78 is 13.9. The standard InChI is InChI=1S/C13H14FN3OS/c1-2-15-8-9-4-3-5-10(14)12(9)19-13-16-7-6-11(18)17-13/h3-7,15H,2,8H2,1H3,(H,16,17,18). The predicted molar refractivity (Wildman–Crippen MR) is 72.8 cm³/mol. The van der Waals surface area contributed by atoms with Gasteiger partial charge in [-0.2, -0.15) is 0 Å². The first-order valence-electron chi connectivity index (χ1n) is 5.92. The fourth-order valence-electron chi connectivity index (χ4n) is 1.57. The summed E-state index contributed by atoms with van der Waals surface area (Å²) >= 11 is 1.12. The van der Waals surface area contributed by atoms with Gasteiger partial charge >= 0.3 is 0 Å². The molecule has 2 rings (SSSR count). The van der Waals surface area contributed by atoms with Crippen molar-refractivity contribution in [3.8, 4) is 0 Å². The third kappa shape index (κ3) is 3.65. The van der Waals surface area contributed by atoms with Crippen LogP contribution in [0.25, 0.3) is 0 Å². The fraction of sp³-hybridized carbons (Fsp3) is 0.231. The second-order valence-corrected chi connectivity index (χ2v) is 4.85. The predicted octanol–water partition coefficient (Wildman–Crippen LogP) is 2.17. The molecule has 1 aromatic carbocycles. The van der Waals surface area contributed by atoms with E-state index in [1.54, 1.807) is 6.07 Å². The molecule has 0 saturated carbocycles. The van der Waals surface area contributed by atoms with E-state index in [2.05, 4.69) is 15.3 Å². The van der Waals surface area contributed by atoms with Gasteiger partial charge in [-0.15, -0.1) is 0 Å². The molecule has 0 aliphatic rings. The molecule has 0 bridgehead atoms. The van der Waals surface area contributed by atoms with Gasteiger partial charge in [0.15, 0.2) is 5.16 Å². The van der Waals surface area contributed by atoms with E-state index < -0.39 is 0 Å². The Morgan fingerprint density at radius 3 is 3.00 bits per heavy atom. The van der Waals surface area contributed by atoms with Gasteiger partial charge in [0.05, 0.1) is 4.90 Å². The molecular weight excluding hydrogens is 265 g/mol. The van der Waals surface area contributed by atoms with E-state index in [1.165, 1.54) is 18.3 Å². The van der Waals surface area contributed by atoms with Gasteiger partial charge in [-0.1, -0.05) is 19.1 Å². The van der Waals surface area contributed by atoms with Crippen molar-refractivity contribution in [1.82, 2.24) is 15.3 Å². The summed E-state index contributed by atoms with van der Waals surface area (Å²) in [6.07, 6.45) is 1.41. The van der Waals surface area contributed by atoms with Crippen molar-refractivity contribution in [3.05, 3.63) is 52.2 Å². The van der Waals surface area contributed by atoms with E-state index in [1.807, 2.05) is 13.0 Å². The third-order valence-electron chi connectivity index (χ3n) is 2.46. The van der Waals surface area contributed by atoms with Gasteiger partial charge in [-0.3, -0.25) is 4.79 Å². The van der Waals surface area contributed by atoms with Gasteiger partial charge < -0.3 is 10.3 Å². The van der Waals surface area contributed by atoms with Crippen molar-refractivity contribution in [1.29, 1.82) is 0 Å². The molecule has 19 heavy (non-hydrogen) atoms. The highest BCUT2D eigenvalue weighted by Gasteiger charge is 2.11. The lowest BCUT2D eigenvalue weighted by molar-refractivity contribution is 0.591. The SMILES string of the molecule is CCNCc1cccc(F)c1Sc1nccc(=O)[nH]1. The smallest absolute Gasteiger partial charge is 0.251 e. The topological polar surface area (TPSA) is 57.8 Å². The third-order valence-corrected chi connectivity index (χ3v) is 3.52.